The van der Waals surface area contributed by atoms with Crippen LogP contribution in [0.4, 0.5) is 5.69 Å². The van der Waals surface area contributed by atoms with E-state index >= 15 is 0 Å². The summed E-state index contributed by atoms with van der Waals surface area (Å²) in [5.74, 6) is -0.0290. The molecule has 2 aromatic carbocycles. The number of nitroso groups, excluding NO2 is 1. The van der Waals surface area contributed by atoms with Crippen LogP contribution in [0.3, 0.4) is 0 Å². The number of nitrogens with zero attached hydrogens (tertiary/aromatic N) is 1. The average molecular weight is 187 g/mol. The van der Waals surface area contributed by atoms with Gasteiger partial charge in [0.05, 0.1) is 0 Å². The number of aryl methyl sites for hydroxylation is 1. The predicted molar refractivity (Wildman–Crippen MR) is 55.8 cm³/mol. The third-order valence-electron chi connectivity index (χ3n) is 2.28. The highest BCUT2D eigenvalue weighted by molar-refractivity contribution is 5.96. The highest BCUT2D eigenvalue weighted by atomic mass is 16.3. The molecule has 0 bridgehead atoms. The van der Waals surface area contributed by atoms with Gasteiger partial charge in [-0.2, -0.15) is 0 Å². The van der Waals surface area contributed by atoms with E-state index in [1.807, 2.05) is 24.3 Å². The maximum Gasteiger partial charge on any atom is 0.157 e. The molecule has 1 N–H and O–H groups in total. The molecular formula is C11H9NO2. The number of aromatic hydroxyl groups is 1. The van der Waals surface area contributed by atoms with Crippen LogP contribution in [0.15, 0.2) is 35.5 Å². The first-order chi connectivity index (χ1) is 6.74. The van der Waals surface area contributed by atoms with Gasteiger partial charge >= 0.3 is 0 Å². The number of rotatable bonds is 1. The molecule has 0 heterocycles. The van der Waals surface area contributed by atoms with Gasteiger partial charge < -0.3 is 5.11 Å². The Kier molecular flexibility index (Phi) is 1.93. The van der Waals surface area contributed by atoms with Crippen LogP contribution in [-0.4, -0.2) is 5.11 Å². The largest absolute Gasteiger partial charge is 0.505 e. The second-order valence-electron chi connectivity index (χ2n) is 3.20. The van der Waals surface area contributed by atoms with Gasteiger partial charge in [-0.1, -0.05) is 24.3 Å². The molecule has 0 saturated heterocycles. The topological polar surface area (TPSA) is 49.7 Å². The van der Waals surface area contributed by atoms with Crippen molar-refractivity contribution in [3.8, 4) is 5.75 Å². The molecule has 2 aromatic rings. The van der Waals surface area contributed by atoms with Gasteiger partial charge in [-0.05, 0) is 29.1 Å². The van der Waals surface area contributed by atoms with Gasteiger partial charge in [-0.3, -0.25) is 0 Å². The van der Waals surface area contributed by atoms with Crippen molar-refractivity contribution in [3.05, 3.63) is 40.8 Å². The molecule has 0 aromatic heterocycles. The van der Waals surface area contributed by atoms with Crippen LogP contribution in [0, 0.1) is 11.8 Å². The Balaban J connectivity index is 2.96. The first-order valence-corrected chi connectivity index (χ1v) is 4.28. The first kappa shape index (κ1) is 8.69. The lowest BCUT2D eigenvalue weighted by atomic mass is 10.0. The molecule has 0 radical (unpaired) electrons. The summed E-state index contributed by atoms with van der Waals surface area (Å²) in [6.45, 7) is 1.75. The molecule has 0 aliphatic heterocycles. The third-order valence-corrected chi connectivity index (χ3v) is 2.28. The quantitative estimate of drug-likeness (QED) is 0.696. The number of fused-ring (bicyclic) bond motifs is 1. The molecule has 0 saturated carbocycles. The van der Waals surface area contributed by atoms with Crippen molar-refractivity contribution in [1.29, 1.82) is 0 Å². The normalized spacial score (nSPS) is 10.4. The van der Waals surface area contributed by atoms with E-state index < -0.39 is 0 Å². The van der Waals surface area contributed by atoms with Crippen molar-refractivity contribution < 1.29 is 5.11 Å². The fourth-order valence-electron chi connectivity index (χ4n) is 1.55. The van der Waals surface area contributed by atoms with Crippen molar-refractivity contribution in [1.82, 2.24) is 0 Å². The van der Waals surface area contributed by atoms with E-state index in [0.29, 0.717) is 10.9 Å². The summed E-state index contributed by atoms with van der Waals surface area (Å²) in [7, 11) is 0. The molecule has 0 aliphatic rings. The molecule has 0 spiro atoms. The van der Waals surface area contributed by atoms with E-state index in [9.17, 15) is 10.0 Å². The highest BCUT2D eigenvalue weighted by Crippen LogP contribution is 2.37. The Hall–Kier alpha value is -1.90. The van der Waals surface area contributed by atoms with Crippen LogP contribution in [0.5, 0.6) is 5.75 Å². The van der Waals surface area contributed by atoms with Gasteiger partial charge in [0.25, 0.3) is 0 Å². The van der Waals surface area contributed by atoms with E-state index in [4.69, 9.17) is 0 Å². The summed E-state index contributed by atoms with van der Waals surface area (Å²) in [4.78, 5) is 10.6. The number of phenols is 1. The molecule has 0 atom stereocenters. The SMILES string of the molecule is Cc1cc2ccccc2c(N=O)c1O. The summed E-state index contributed by atoms with van der Waals surface area (Å²) in [5, 5.41) is 14.1. The minimum atomic E-state index is -0.0290. The van der Waals surface area contributed by atoms with E-state index in [1.165, 1.54) is 0 Å². The predicted octanol–water partition coefficient (Wildman–Crippen LogP) is 3.25. The van der Waals surface area contributed by atoms with E-state index in [1.54, 1.807) is 13.0 Å². The minimum Gasteiger partial charge on any atom is -0.505 e. The van der Waals surface area contributed by atoms with Crippen LogP contribution in [0.1, 0.15) is 5.56 Å². The third kappa shape index (κ3) is 1.14. The van der Waals surface area contributed by atoms with Gasteiger partial charge in [0, 0.05) is 5.39 Å². The zero-order valence-corrected chi connectivity index (χ0v) is 7.69. The average Bonchev–Trinajstić information content (AvgIpc) is 2.20. The fourth-order valence-corrected chi connectivity index (χ4v) is 1.55. The lowest BCUT2D eigenvalue weighted by molar-refractivity contribution is 0.473. The Morgan fingerprint density at radius 1 is 1.29 bits per heavy atom. The molecule has 70 valence electrons. The van der Waals surface area contributed by atoms with Crippen molar-refractivity contribution >= 4 is 16.5 Å². The summed E-state index contributed by atoms with van der Waals surface area (Å²) < 4.78 is 0. The van der Waals surface area contributed by atoms with Gasteiger partial charge in [-0.25, -0.2) is 0 Å². The summed E-state index contributed by atoms with van der Waals surface area (Å²) >= 11 is 0. The highest BCUT2D eigenvalue weighted by Gasteiger charge is 2.09. The number of benzene rings is 2. The summed E-state index contributed by atoms with van der Waals surface area (Å²) in [6, 6.07) is 9.18. The Labute approximate surface area is 81.0 Å². The van der Waals surface area contributed by atoms with Gasteiger partial charge in [0.2, 0.25) is 0 Å². The lowest BCUT2D eigenvalue weighted by Crippen LogP contribution is -1.79. The molecule has 3 heteroatoms. The smallest absolute Gasteiger partial charge is 0.157 e. The molecule has 14 heavy (non-hydrogen) atoms. The molecule has 3 nitrogen and oxygen atoms in total. The van der Waals surface area contributed by atoms with Crippen molar-refractivity contribution in [3.63, 3.8) is 0 Å². The molecule has 0 aliphatic carbocycles. The molecular weight excluding hydrogens is 178 g/mol. The summed E-state index contributed by atoms with van der Waals surface area (Å²) in [5.41, 5.74) is 0.791. The van der Waals surface area contributed by atoms with Crippen LogP contribution in [0.2, 0.25) is 0 Å². The van der Waals surface area contributed by atoms with Crippen LogP contribution < -0.4 is 0 Å². The van der Waals surface area contributed by atoms with E-state index in [-0.39, 0.29) is 11.4 Å². The zero-order chi connectivity index (χ0) is 10.1. The van der Waals surface area contributed by atoms with Crippen LogP contribution >= 0.6 is 0 Å². The van der Waals surface area contributed by atoms with Crippen molar-refractivity contribution in [2.24, 2.45) is 5.18 Å². The maximum absolute atomic E-state index is 10.6. The van der Waals surface area contributed by atoms with Crippen LogP contribution in [0.25, 0.3) is 10.8 Å². The minimum absolute atomic E-state index is 0.0290. The van der Waals surface area contributed by atoms with Crippen molar-refractivity contribution in [2.75, 3.05) is 0 Å². The Morgan fingerprint density at radius 2 is 2.00 bits per heavy atom. The molecule has 0 unspecified atom stereocenters. The molecule has 0 amide bonds. The van der Waals surface area contributed by atoms with E-state index in [2.05, 4.69) is 5.18 Å². The Bertz CT molecular complexity index is 506. The maximum atomic E-state index is 10.6. The first-order valence-electron chi connectivity index (χ1n) is 4.28. The monoisotopic (exact) mass is 187 g/mol. The lowest BCUT2D eigenvalue weighted by Gasteiger charge is -2.05. The standard InChI is InChI=1S/C11H9NO2/c1-7-6-8-4-2-3-5-9(8)10(12-14)11(7)13/h2-6,13H,1H3. The second-order valence-corrected chi connectivity index (χ2v) is 3.20. The molecule has 2 rings (SSSR count). The Morgan fingerprint density at radius 3 is 2.71 bits per heavy atom. The number of phenolic OH excluding ortho intramolecular Hbond substituents is 1. The van der Waals surface area contributed by atoms with Gasteiger partial charge in [-0.15, -0.1) is 4.91 Å². The van der Waals surface area contributed by atoms with Gasteiger partial charge in [0.1, 0.15) is 5.75 Å². The van der Waals surface area contributed by atoms with Crippen LogP contribution in [-0.2, 0) is 0 Å². The second kappa shape index (κ2) is 3.10. The van der Waals surface area contributed by atoms with Gasteiger partial charge in [0.15, 0.2) is 5.69 Å². The molecule has 0 fully saturated rings. The summed E-state index contributed by atoms with van der Waals surface area (Å²) in [6.07, 6.45) is 0. The fraction of sp³-hybridized carbons (Fsp3) is 0.0909. The van der Waals surface area contributed by atoms with E-state index in [0.717, 1.165) is 5.39 Å². The van der Waals surface area contributed by atoms with Crippen molar-refractivity contribution in [2.45, 2.75) is 6.92 Å². The number of hydrogen-bond donors (Lipinski definition) is 1. The zero-order valence-electron chi connectivity index (χ0n) is 7.69. The number of hydrogen-bond acceptors (Lipinski definition) is 3.